The summed E-state index contributed by atoms with van der Waals surface area (Å²) in [6.07, 6.45) is 71.6. The molecule has 0 saturated heterocycles. The summed E-state index contributed by atoms with van der Waals surface area (Å²) in [5, 5.41) is 0. The molecule has 0 unspecified atom stereocenters. The van der Waals surface area contributed by atoms with Crippen LogP contribution >= 0.6 is 0 Å². The molecule has 0 aliphatic rings. The maximum Gasteiger partial charge on any atom is 4.00 e. The first kappa shape index (κ1) is 69.8. The molecule has 0 aromatic heterocycles. The molecule has 0 atom stereocenters. The van der Waals surface area contributed by atoms with Gasteiger partial charge in [-0.25, -0.2) is 0 Å². The fourth-order valence-electron chi connectivity index (χ4n) is 7.71. The van der Waals surface area contributed by atoms with Crippen LogP contribution in [-0.4, -0.2) is 18.9 Å². The summed E-state index contributed by atoms with van der Waals surface area (Å²) in [7, 11) is 0. The van der Waals surface area contributed by atoms with Crippen molar-refractivity contribution < 1.29 is 36.1 Å². The number of rotatable bonds is 48. The van der Waals surface area contributed by atoms with Gasteiger partial charge in [0.1, 0.15) is 0 Å². The molecule has 0 aromatic rings. The topological polar surface area (TPSA) is 51.2 Å². The summed E-state index contributed by atoms with van der Waals surface area (Å²) < 4.78 is 0. The van der Waals surface area contributed by atoms with Crippen LogP contribution in [0.3, 0.4) is 0 Å². The van der Waals surface area contributed by atoms with Crippen LogP contribution < -0.4 is 0 Å². The van der Waals surface area contributed by atoms with E-state index >= 15 is 0 Å². The molecule has 0 fully saturated rings. The second-order valence-corrected chi connectivity index (χ2v) is 18.1. The van der Waals surface area contributed by atoms with Gasteiger partial charge in [-0.15, -0.1) is 0 Å². The minimum Gasteiger partial charge on any atom is -0.542 e. The smallest absolute Gasteiger partial charge is 0.542 e. The predicted molar refractivity (Wildman–Crippen MR) is 271 cm³/mol. The Morgan fingerprint density at radius 1 is 0.230 bits per heavy atom. The van der Waals surface area contributed by atoms with E-state index in [-0.39, 0.29) is 21.7 Å². The minimum absolute atomic E-state index is 0. The van der Waals surface area contributed by atoms with Gasteiger partial charge in [0.25, 0.3) is 0 Å². The monoisotopic (exact) mass is 893 g/mol. The van der Waals surface area contributed by atoms with Crippen LogP contribution in [0.25, 0.3) is 0 Å². The summed E-state index contributed by atoms with van der Waals surface area (Å²) in [6, 6.07) is 0. The minimum atomic E-state index is 0. The van der Waals surface area contributed by atoms with Gasteiger partial charge in [0.2, 0.25) is 0 Å². The summed E-state index contributed by atoms with van der Waals surface area (Å²) in [6.45, 7) is 10.8. The number of hydrogen-bond acceptors (Lipinski definition) is 3. The van der Waals surface area contributed by atoms with E-state index in [2.05, 4.69) is 20.8 Å². The molecule has 61 heavy (non-hydrogen) atoms. The van der Waals surface area contributed by atoms with Gasteiger partial charge in [-0.1, -0.05) is 310 Å². The van der Waals surface area contributed by atoms with Crippen LogP contribution in [0.4, 0.5) is 0 Å². The van der Waals surface area contributed by atoms with Crippen LogP contribution in [0.1, 0.15) is 343 Å². The van der Waals surface area contributed by atoms with Gasteiger partial charge in [-0.3, -0.25) is 18.9 Å². The van der Waals surface area contributed by atoms with E-state index in [0.29, 0.717) is 19.3 Å². The normalized spacial score (nSPS) is 10.4. The van der Waals surface area contributed by atoms with E-state index in [1.54, 1.807) is 0 Å². The van der Waals surface area contributed by atoms with Gasteiger partial charge < -0.3 is 20.8 Å². The van der Waals surface area contributed by atoms with Crippen LogP contribution in [0, 0.1) is 6.42 Å². The molecule has 4 heteroatoms. The van der Waals surface area contributed by atoms with Crippen molar-refractivity contribution in [3.05, 3.63) is 6.42 Å². The Hall–Kier alpha value is -0.276. The zero-order valence-electron chi connectivity index (χ0n) is 42.7. The Balaban J connectivity index is -0.000000246. The van der Waals surface area contributed by atoms with Crippen molar-refractivity contribution in [3.63, 3.8) is 0 Å². The molecule has 0 heterocycles. The Bertz CT molecular complexity index is 608. The van der Waals surface area contributed by atoms with Crippen LogP contribution in [0.5, 0.6) is 0 Å². The summed E-state index contributed by atoms with van der Waals surface area (Å²) >= 11 is 0. The van der Waals surface area contributed by atoms with E-state index in [1.807, 2.05) is 39.1 Å². The van der Waals surface area contributed by atoms with Crippen LogP contribution in [-0.2, 0) is 36.1 Å². The molecule has 0 aliphatic heterocycles. The first-order valence-electron chi connectivity index (χ1n) is 27.4. The second kappa shape index (κ2) is 77.0. The fourth-order valence-corrected chi connectivity index (χ4v) is 7.71. The van der Waals surface area contributed by atoms with Gasteiger partial charge in [-0.2, -0.15) is 33.1 Å². The third-order valence-electron chi connectivity index (χ3n) is 11.6. The molecule has 0 spiro atoms. The zero-order chi connectivity index (χ0) is 44.8. The molecule has 0 amide bonds. The molecule has 0 saturated carbocycles. The average Bonchev–Trinajstić information content (AvgIpc) is 3.26. The van der Waals surface area contributed by atoms with E-state index in [9.17, 15) is 14.4 Å². The average molecular weight is 893 g/mol. The molecular weight excluding hydrogens is 780 g/mol. The van der Waals surface area contributed by atoms with Gasteiger partial charge in [0.15, 0.2) is 0 Å². The van der Waals surface area contributed by atoms with Gasteiger partial charge in [0.05, 0.1) is 0 Å². The SMILES string of the molecule is CCCCCCCCCCCCCCCCC[C-]=O.CCCCCCCCCCCCCCCCC[C-]=O.CCCCCCCCCCCCCCCCC[C-]=O.C[CH-]C.[Ti+4]. The third kappa shape index (κ3) is 87.4. The third-order valence-corrected chi connectivity index (χ3v) is 11.6. The van der Waals surface area contributed by atoms with E-state index in [4.69, 9.17) is 0 Å². The van der Waals surface area contributed by atoms with Gasteiger partial charge in [-0.05, 0) is 0 Å². The van der Waals surface area contributed by atoms with Crippen molar-refractivity contribution in [1.82, 2.24) is 0 Å². The van der Waals surface area contributed by atoms with Crippen molar-refractivity contribution in [2.75, 3.05) is 0 Å². The van der Waals surface area contributed by atoms with Gasteiger partial charge >= 0.3 is 21.7 Å². The molecule has 0 rings (SSSR count). The molecule has 3 nitrogen and oxygen atoms in total. The molecular formula is C57H112O3Ti. The fraction of sp³-hybridized carbons (Fsp3) is 0.930. The molecule has 0 bridgehead atoms. The van der Waals surface area contributed by atoms with Crippen LogP contribution in [0.2, 0.25) is 0 Å². The first-order valence-corrected chi connectivity index (χ1v) is 27.4. The molecule has 0 aromatic carbocycles. The number of hydrogen-bond donors (Lipinski definition) is 0. The van der Waals surface area contributed by atoms with Crippen LogP contribution in [0.15, 0.2) is 0 Å². The summed E-state index contributed by atoms with van der Waals surface area (Å²) in [4.78, 5) is 30.0. The number of unbranched alkanes of at least 4 members (excludes halogenated alkanes) is 45. The van der Waals surface area contributed by atoms with Gasteiger partial charge in [0, 0.05) is 0 Å². The van der Waals surface area contributed by atoms with Crippen molar-refractivity contribution in [2.45, 2.75) is 343 Å². The second-order valence-electron chi connectivity index (χ2n) is 18.1. The van der Waals surface area contributed by atoms with E-state index < -0.39 is 0 Å². The Morgan fingerprint density at radius 3 is 0.426 bits per heavy atom. The molecule has 0 N–H and O–H groups in total. The Labute approximate surface area is 402 Å². The Morgan fingerprint density at radius 2 is 0.328 bits per heavy atom. The Kier molecular flexibility index (Phi) is 88.0. The summed E-state index contributed by atoms with van der Waals surface area (Å²) in [5.41, 5.74) is 0. The predicted octanol–water partition coefficient (Wildman–Crippen LogP) is 20.3. The summed E-state index contributed by atoms with van der Waals surface area (Å²) in [5.74, 6) is 0. The van der Waals surface area contributed by atoms with Crippen molar-refractivity contribution in [3.8, 4) is 0 Å². The quantitative estimate of drug-likeness (QED) is 0.0347. The molecule has 0 aliphatic carbocycles. The van der Waals surface area contributed by atoms with E-state index in [1.165, 1.54) is 270 Å². The van der Waals surface area contributed by atoms with E-state index in [0.717, 1.165) is 19.3 Å². The maximum absolute atomic E-state index is 10.0. The van der Waals surface area contributed by atoms with Crippen molar-refractivity contribution >= 4 is 18.9 Å². The number of carbonyl (C=O) groups excluding carboxylic acids is 3. The van der Waals surface area contributed by atoms with Crippen molar-refractivity contribution in [1.29, 1.82) is 0 Å². The maximum atomic E-state index is 10.0. The standard InChI is InChI=1S/3C18H35O.C3H7.Ti/c3*1-2-3-4-5-6-7-8-9-10-11-12-13-14-15-16-17-18-19;1-3-2;/h3*2-17H2,1H3;3H,1-2H3;/q4*-1;+4. The molecule has 362 valence electrons. The largest absolute Gasteiger partial charge is 4.00 e. The molecule has 0 radical (unpaired) electrons. The van der Waals surface area contributed by atoms with Crippen molar-refractivity contribution in [2.24, 2.45) is 0 Å². The zero-order valence-corrected chi connectivity index (χ0v) is 44.3. The first-order chi connectivity index (χ1) is 29.7.